The third kappa shape index (κ3) is 4.63. The number of hydrogen-bond acceptors (Lipinski definition) is 5. The van der Waals surface area contributed by atoms with Gasteiger partial charge in [-0.1, -0.05) is 72.8 Å². The second kappa shape index (κ2) is 10.5. The molecule has 2 atom stereocenters. The number of hydrogen-bond donors (Lipinski definition) is 0. The fourth-order valence-corrected chi connectivity index (χ4v) is 5.15. The van der Waals surface area contributed by atoms with E-state index in [-0.39, 0.29) is 19.1 Å². The maximum absolute atomic E-state index is 14.2. The first kappa shape index (κ1) is 24.4. The second-order valence-corrected chi connectivity index (χ2v) is 9.34. The number of carbonyl (C=O) groups is 2. The normalized spacial score (nSPS) is 16.6. The predicted molar refractivity (Wildman–Crippen MR) is 149 cm³/mol. The maximum atomic E-state index is 14.2. The van der Waals surface area contributed by atoms with Crippen molar-refractivity contribution in [2.45, 2.75) is 19.5 Å². The van der Waals surface area contributed by atoms with E-state index in [0.717, 1.165) is 22.2 Å². The number of amides is 1. The number of rotatable bonds is 7. The zero-order valence-electron chi connectivity index (χ0n) is 21.4. The molecule has 0 bridgehead atoms. The average Bonchev–Trinajstić information content (AvgIpc) is 3.35. The van der Waals surface area contributed by atoms with E-state index in [4.69, 9.17) is 14.5 Å². The lowest BCUT2D eigenvalue weighted by Crippen LogP contribution is -2.49. The molecule has 7 heteroatoms. The molecule has 2 heterocycles. The van der Waals surface area contributed by atoms with Crippen LogP contribution >= 0.6 is 0 Å². The second-order valence-electron chi connectivity index (χ2n) is 9.34. The van der Waals surface area contributed by atoms with Crippen LogP contribution in [0.3, 0.4) is 0 Å². The van der Waals surface area contributed by atoms with Crippen LogP contribution in [0.15, 0.2) is 109 Å². The first-order valence-corrected chi connectivity index (χ1v) is 13.0. The molecule has 0 unspecified atom stereocenters. The fraction of sp³-hybridized carbons (Fsp3) is 0.156. The van der Waals surface area contributed by atoms with E-state index < -0.39 is 17.9 Å². The van der Waals surface area contributed by atoms with Gasteiger partial charge in [-0.3, -0.25) is 14.5 Å². The molecule has 0 saturated carbocycles. The molecule has 1 aliphatic heterocycles. The van der Waals surface area contributed by atoms with Gasteiger partial charge in [0.15, 0.2) is 5.92 Å². The van der Waals surface area contributed by atoms with Crippen molar-refractivity contribution in [2.75, 3.05) is 11.5 Å². The average molecular weight is 518 g/mol. The molecule has 6 rings (SSSR count). The molecule has 4 aromatic carbocycles. The van der Waals surface area contributed by atoms with Gasteiger partial charge in [0, 0.05) is 0 Å². The summed E-state index contributed by atoms with van der Waals surface area (Å²) in [5.41, 5.74) is 3.25. The summed E-state index contributed by atoms with van der Waals surface area (Å²) in [6.07, 6.45) is 0. The summed E-state index contributed by atoms with van der Waals surface area (Å²) in [5.74, 6) is -0.232. The topological polar surface area (TPSA) is 73.7 Å². The molecular weight excluding hydrogens is 490 g/mol. The minimum Gasteiger partial charge on any atom is -0.465 e. The molecule has 1 aliphatic rings. The van der Waals surface area contributed by atoms with Gasteiger partial charge < -0.3 is 14.0 Å². The third-order valence-corrected chi connectivity index (χ3v) is 6.85. The molecule has 1 amide bonds. The van der Waals surface area contributed by atoms with E-state index >= 15 is 0 Å². The van der Waals surface area contributed by atoms with Crippen molar-refractivity contribution < 1.29 is 19.1 Å². The Kier molecular flexibility index (Phi) is 6.55. The molecule has 0 saturated heterocycles. The molecule has 0 spiro atoms. The minimum absolute atomic E-state index is 0.169. The van der Waals surface area contributed by atoms with Gasteiger partial charge in [0.1, 0.15) is 11.5 Å². The highest BCUT2D eigenvalue weighted by Crippen LogP contribution is 2.42. The van der Waals surface area contributed by atoms with Crippen molar-refractivity contribution in [3.8, 4) is 11.5 Å². The molecule has 5 aromatic rings. The monoisotopic (exact) mass is 517 g/mol. The lowest BCUT2D eigenvalue weighted by molar-refractivity contribution is -0.153. The number of imidazole rings is 1. The van der Waals surface area contributed by atoms with Gasteiger partial charge in [0.2, 0.25) is 11.9 Å². The Balaban J connectivity index is 1.52. The Hall–Kier alpha value is -4.91. The van der Waals surface area contributed by atoms with Crippen molar-refractivity contribution in [3.05, 3.63) is 120 Å². The molecular formula is C32H27N3O4. The summed E-state index contributed by atoms with van der Waals surface area (Å²) in [5, 5.41) is 0. The number of para-hydroxylation sites is 3. The quantitative estimate of drug-likeness (QED) is 0.191. The van der Waals surface area contributed by atoms with Crippen molar-refractivity contribution in [3.63, 3.8) is 0 Å². The van der Waals surface area contributed by atoms with Crippen molar-refractivity contribution in [1.29, 1.82) is 0 Å². The van der Waals surface area contributed by atoms with Gasteiger partial charge >= 0.3 is 5.97 Å². The van der Waals surface area contributed by atoms with E-state index in [1.54, 1.807) is 11.8 Å². The zero-order chi connectivity index (χ0) is 26.8. The van der Waals surface area contributed by atoms with Gasteiger partial charge in [0.25, 0.3) is 0 Å². The Morgan fingerprint density at radius 1 is 0.846 bits per heavy atom. The fourth-order valence-electron chi connectivity index (χ4n) is 5.15. The van der Waals surface area contributed by atoms with E-state index in [2.05, 4.69) is 0 Å². The van der Waals surface area contributed by atoms with Gasteiger partial charge in [-0.05, 0) is 54.4 Å². The SMILES string of the molecule is CCOC(=O)[C@H]1C(=O)N(Cc2ccccc2)c2nc3ccccc3n2[C@@H]1c1cccc(Oc2ccccc2)c1. The lowest BCUT2D eigenvalue weighted by atomic mass is 9.89. The van der Waals surface area contributed by atoms with Crippen LogP contribution in [0.2, 0.25) is 0 Å². The van der Waals surface area contributed by atoms with Gasteiger partial charge in [-0.15, -0.1) is 0 Å². The molecule has 0 aliphatic carbocycles. The summed E-state index contributed by atoms with van der Waals surface area (Å²) >= 11 is 0. The largest absolute Gasteiger partial charge is 0.465 e. The molecule has 1 aromatic heterocycles. The van der Waals surface area contributed by atoms with E-state index in [1.165, 1.54) is 0 Å². The number of esters is 1. The van der Waals surface area contributed by atoms with E-state index in [9.17, 15) is 9.59 Å². The molecule has 0 fully saturated rings. The Labute approximate surface area is 226 Å². The number of benzene rings is 4. The molecule has 39 heavy (non-hydrogen) atoms. The standard InChI is InChI=1S/C32H27N3O4/c1-2-38-31(37)28-29(23-14-11-17-25(20-23)39-24-15-7-4-8-16-24)35-27-19-10-9-18-26(27)33-32(35)34(30(28)36)21-22-12-5-3-6-13-22/h3-20,28-29H,2,21H2,1H3/t28-,29-/m1/s1. The van der Waals surface area contributed by atoms with Crippen LogP contribution in [0.5, 0.6) is 11.5 Å². The molecule has 194 valence electrons. The number of aromatic nitrogens is 2. The molecule has 0 N–H and O–H groups in total. The number of ether oxygens (including phenoxy) is 2. The number of nitrogens with zero attached hydrogens (tertiary/aromatic N) is 3. The van der Waals surface area contributed by atoms with Crippen LogP contribution in [0.1, 0.15) is 24.1 Å². The highest BCUT2D eigenvalue weighted by Gasteiger charge is 2.48. The van der Waals surface area contributed by atoms with Crippen LogP contribution in [0, 0.1) is 5.92 Å². The van der Waals surface area contributed by atoms with Crippen LogP contribution in [-0.2, 0) is 20.9 Å². The van der Waals surface area contributed by atoms with Crippen LogP contribution < -0.4 is 9.64 Å². The zero-order valence-corrected chi connectivity index (χ0v) is 21.4. The van der Waals surface area contributed by atoms with Gasteiger partial charge in [-0.25, -0.2) is 4.98 Å². The summed E-state index contributed by atoms with van der Waals surface area (Å²) in [4.78, 5) is 34.2. The Morgan fingerprint density at radius 3 is 2.31 bits per heavy atom. The number of anilines is 1. The first-order chi connectivity index (χ1) is 19.1. The van der Waals surface area contributed by atoms with Crippen LogP contribution in [0.4, 0.5) is 5.95 Å². The Morgan fingerprint density at radius 2 is 1.54 bits per heavy atom. The van der Waals surface area contributed by atoms with Gasteiger partial charge in [-0.2, -0.15) is 0 Å². The molecule has 7 nitrogen and oxygen atoms in total. The maximum Gasteiger partial charge on any atom is 0.321 e. The van der Waals surface area contributed by atoms with Crippen LogP contribution in [0.25, 0.3) is 11.0 Å². The van der Waals surface area contributed by atoms with Crippen molar-refractivity contribution in [1.82, 2.24) is 9.55 Å². The van der Waals surface area contributed by atoms with E-state index in [1.807, 2.05) is 114 Å². The van der Waals surface area contributed by atoms with Crippen molar-refractivity contribution >= 4 is 28.9 Å². The summed E-state index contributed by atoms with van der Waals surface area (Å²) in [6.45, 7) is 2.19. The highest BCUT2D eigenvalue weighted by molar-refractivity contribution is 6.08. The number of fused-ring (bicyclic) bond motifs is 3. The third-order valence-electron chi connectivity index (χ3n) is 6.85. The smallest absolute Gasteiger partial charge is 0.321 e. The minimum atomic E-state index is -1.11. The lowest BCUT2D eigenvalue weighted by Gasteiger charge is -2.38. The molecule has 0 radical (unpaired) electrons. The highest BCUT2D eigenvalue weighted by atomic mass is 16.5. The Bertz CT molecular complexity index is 1630. The number of carbonyl (C=O) groups excluding carboxylic acids is 2. The van der Waals surface area contributed by atoms with E-state index in [0.29, 0.717) is 17.4 Å². The van der Waals surface area contributed by atoms with Crippen molar-refractivity contribution in [2.24, 2.45) is 5.92 Å². The summed E-state index contributed by atoms with van der Waals surface area (Å²) in [6, 6.07) is 33.7. The summed E-state index contributed by atoms with van der Waals surface area (Å²) in [7, 11) is 0. The van der Waals surface area contributed by atoms with Gasteiger partial charge in [0.05, 0.1) is 30.2 Å². The summed E-state index contributed by atoms with van der Waals surface area (Å²) < 4.78 is 13.6. The first-order valence-electron chi connectivity index (χ1n) is 13.0. The van der Waals surface area contributed by atoms with Crippen LogP contribution in [-0.4, -0.2) is 28.0 Å². The predicted octanol–water partition coefficient (Wildman–Crippen LogP) is 6.14.